The molecule has 0 atom stereocenters. The summed E-state index contributed by atoms with van der Waals surface area (Å²) in [5.74, 6) is 1.37. The van der Waals surface area contributed by atoms with Gasteiger partial charge in [0.15, 0.2) is 0 Å². The van der Waals surface area contributed by atoms with E-state index in [4.69, 9.17) is 4.42 Å². The Morgan fingerprint density at radius 2 is 2.24 bits per heavy atom. The van der Waals surface area contributed by atoms with E-state index in [-0.39, 0.29) is 0 Å². The Kier molecular flexibility index (Phi) is 4.28. The Morgan fingerprint density at radius 1 is 1.35 bits per heavy atom. The Hall–Kier alpha value is -1.20. The van der Waals surface area contributed by atoms with E-state index in [2.05, 4.69) is 34.7 Å². The van der Waals surface area contributed by atoms with Crippen molar-refractivity contribution in [1.82, 2.24) is 15.5 Å². The predicted molar refractivity (Wildman–Crippen MR) is 69.2 cm³/mol. The number of aromatic nitrogens is 2. The van der Waals surface area contributed by atoms with Crippen LogP contribution in [-0.4, -0.2) is 23.3 Å². The summed E-state index contributed by atoms with van der Waals surface area (Å²) in [6, 6.07) is 0. The first kappa shape index (κ1) is 12.3. The summed E-state index contributed by atoms with van der Waals surface area (Å²) in [7, 11) is 0. The fraction of sp³-hybridized carbons (Fsp3) is 0.500. The van der Waals surface area contributed by atoms with Gasteiger partial charge in [0, 0.05) is 11.8 Å². The van der Waals surface area contributed by atoms with Gasteiger partial charge < -0.3 is 9.73 Å². The van der Waals surface area contributed by atoms with Crippen molar-refractivity contribution >= 4 is 11.3 Å². The molecule has 0 amide bonds. The third-order valence-corrected chi connectivity index (χ3v) is 3.41. The molecule has 0 saturated carbocycles. The predicted octanol–water partition coefficient (Wildman–Crippen LogP) is 2.65. The standard InChI is InChI=1S/C12H17N3OS/c1-3-13-6-4-5-11-14-15-12(16-11)10-8-17-7-9(10)2/h7-8,13H,3-6H2,1-2H3. The van der Waals surface area contributed by atoms with Crippen LogP contribution in [0.15, 0.2) is 15.2 Å². The summed E-state index contributed by atoms with van der Waals surface area (Å²) < 4.78 is 5.65. The highest BCUT2D eigenvalue weighted by Crippen LogP contribution is 2.25. The van der Waals surface area contributed by atoms with Crippen molar-refractivity contribution in [1.29, 1.82) is 0 Å². The van der Waals surface area contributed by atoms with Gasteiger partial charge in [0.05, 0.1) is 5.56 Å². The quantitative estimate of drug-likeness (QED) is 0.802. The van der Waals surface area contributed by atoms with Gasteiger partial charge in [-0.15, -0.1) is 10.2 Å². The molecular weight excluding hydrogens is 234 g/mol. The average molecular weight is 251 g/mol. The van der Waals surface area contributed by atoms with E-state index in [1.54, 1.807) is 11.3 Å². The molecule has 0 aliphatic carbocycles. The zero-order valence-corrected chi connectivity index (χ0v) is 11.0. The molecule has 4 nitrogen and oxygen atoms in total. The maximum absolute atomic E-state index is 5.65. The normalized spacial score (nSPS) is 10.9. The number of hydrogen-bond donors (Lipinski definition) is 1. The largest absolute Gasteiger partial charge is 0.421 e. The van der Waals surface area contributed by atoms with Crippen LogP contribution in [0.2, 0.25) is 0 Å². The molecule has 0 unspecified atom stereocenters. The summed E-state index contributed by atoms with van der Waals surface area (Å²) in [6.45, 7) is 6.15. The number of rotatable bonds is 6. The molecule has 92 valence electrons. The van der Waals surface area contributed by atoms with Gasteiger partial charge in [-0.25, -0.2) is 0 Å². The molecule has 0 spiro atoms. The lowest BCUT2D eigenvalue weighted by atomic mass is 10.2. The molecule has 2 rings (SSSR count). The maximum Gasteiger partial charge on any atom is 0.248 e. The number of nitrogens with zero attached hydrogens (tertiary/aromatic N) is 2. The van der Waals surface area contributed by atoms with Crippen LogP contribution < -0.4 is 5.32 Å². The van der Waals surface area contributed by atoms with Crippen LogP contribution in [0.1, 0.15) is 24.8 Å². The third kappa shape index (κ3) is 3.14. The van der Waals surface area contributed by atoms with Gasteiger partial charge in [-0.3, -0.25) is 0 Å². The number of aryl methyl sites for hydroxylation is 2. The molecule has 0 radical (unpaired) electrons. The fourth-order valence-electron chi connectivity index (χ4n) is 1.58. The first-order chi connectivity index (χ1) is 8.31. The molecule has 2 heterocycles. The van der Waals surface area contributed by atoms with Crippen LogP contribution in [0.4, 0.5) is 0 Å². The molecule has 0 fully saturated rings. The highest BCUT2D eigenvalue weighted by Gasteiger charge is 2.11. The van der Waals surface area contributed by atoms with Gasteiger partial charge in [-0.2, -0.15) is 11.3 Å². The van der Waals surface area contributed by atoms with Gasteiger partial charge >= 0.3 is 0 Å². The second-order valence-electron chi connectivity index (χ2n) is 3.93. The van der Waals surface area contributed by atoms with Crippen molar-refractivity contribution in [3.05, 3.63) is 22.2 Å². The minimum Gasteiger partial charge on any atom is -0.421 e. The first-order valence-corrected chi connectivity index (χ1v) is 6.81. The van der Waals surface area contributed by atoms with Crippen molar-refractivity contribution in [3.8, 4) is 11.5 Å². The second-order valence-corrected chi connectivity index (χ2v) is 4.67. The van der Waals surface area contributed by atoms with Crippen LogP contribution >= 0.6 is 11.3 Å². The highest BCUT2D eigenvalue weighted by molar-refractivity contribution is 7.08. The topological polar surface area (TPSA) is 51.0 Å². The molecule has 2 aromatic rings. The highest BCUT2D eigenvalue weighted by atomic mass is 32.1. The Labute approximate surface area is 105 Å². The molecule has 17 heavy (non-hydrogen) atoms. The summed E-state index contributed by atoms with van der Waals surface area (Å²) in [6.07, 6.45) is 1.86. The van der Waals surface area contributed by atoms with Crippen molar-refractivity contribution in [3.63, 3.8) is 0 Å². The zero-order chi connectivity index (χ0) is 12.1. The van der Waals surface area contributed by atoms with Gasteiger partial charge in [0.1, 0.15) is 0 Å². The summed E-state index contributed by atoms with van der Waals surface area (Å²) in [5.41, 5.74) is 2.25. The Balaban J connectivity index is 1.95. The molecule has 0 saturated heterocycles. The minimum atomic E-state index is 0.641. The molecule has 0 aliphatic heterocycles. The van der Waals surface area contributed by atoms with Gasteiger partial charge in [0.25, 0.3) is 0 Å². The zero-order valence-electron chi connectivity index (χ0n) is 10.2. The van der Waals surface area contributed by atoms with E-state index in [1.165, 1.54) is 5.56 Å². The third-order valence-electron chi connectivity index (χ3n) is 2.55. The fourth-order valence-corrected chi connectivity index (χ4v) is 2.41. The number of thiophene rings is 1. The first-order valence-electron chi connectivity index (χ1n) is 5.87. The van der Waals surface area contributed by atoms with E-state index >= 15 is 0 Å². The molecule has 0 bridgehead atoms. The van der Waals surface area contributed by atoms with Crippen LogP contribution in [-0.2, 0) is 6.42 Å². The monoisotopic (exact) mass is 251 g/mol. The summed E-state index contributed by atoms with van der Waals surface area (Å²) in [5, 5.41) is 15.6. The van der Waals surface area contributed by atoms with Crippen molar-refractivity contribution in [2.75, 3.05) is 13.1 Å². The van der Waals surface area contributed by atoms with E-state index < -0.39 is 0 Å². The van der Waals surface area contributed by atoms with E-state index in [9.17, 15) is 0 Å². The van der Waals surface area contributed by atoms with Crippen LogP contribution in [0.25, 0.3) is 11.5 Å². The lowest BCUT2D eigenvalue weighted by molar-refractivity contribution is 0.492. The van der Waals surface area contributed by atoms with Crippen LogP contribution in [0.3, 0.4) is 0 Å². The van der Waals surface area contributed by atoms with Gasteiger partial charge in [0.2, 0.25) is 11.8 Å². The molecule has 2 aromatic heterocycles. The smallest absolute Gasteiger partial charge is 0.248 e. The minimum absolute atomic E-state index is 0.641. The molecule has 1 N–H and O–H groups in total. The van der Waals surface area contributed by atoms with Crippen molar-refractivity contribution < 1.29 is 4.42 Å². The second kappa shape index (κ2) is 5.93. The summed E-state index contributed by atoms with van der Waals surface area (Å²) >= 11 is 1.66. The van der Waals surface area contributed by atoms with Crippen LogP contribution in [0, 0.1) is 6.92 Å². The van der Waals surface area contributed by atoms with Gasteiger partial charge in [-0.1, -0.05) is 6.92 Å². The Morgan fingerprint density at radius 3 is 2.94 bits per heavy atom. The van der Waals surface area contributed by atoms with E-state index in [1.807, 2.05) is 5.38 Å². The van der Waals surface area contributed by atoms with E-state index in [0.717, 1.165) is 37.4 Å². The van der Waals surface area contributed by atoms with Crippen molar-refractivity contribution in [2.45, 2.75) is 26.7 Å². The lowest BCUT2D eigenvalue weighted by Crippen LogP contribution is -2.14. The SMILES string of the molecule is CCNCCCc1nnc(-c2cscc2C)o1. The molecule has 0 aliphatic rings. The number of hydrogen-bond acceptors (Lipinski definition) is 5. The van der Waals surface area contributed by atoms with Crippen molar-refractivity contribution in [2.24, 2.45) is 0 Å². The maximum atomic E-state index is 5.65. The molecule has 5 heteroatoms. The summed E-state index contributed by atoms with van der Waals surface area (Å²) in [4.78, 5) is 0. The van der Waals surface area contributed by atoms with Gasteiger partial charge in [-0.05, 0) is 37.4 Å². The number of nitrogens with one attached hydrogen (secondary N) is 1. The van der Waals surface area contributed by atoms with E-state index in [0.29, 0.717) is 5.89 Å². The molecule has 0 aromatic carbocycles. The molecular formula is C12H17N3OS. The van der Waals surface area contributed by atoms with Crippen LogP contribution in [0.5, 0.6) is 0 Å². The Bertz CT molecular complexity index is 464. The lowest BCUT2D eigenvalue weighted by Gasteiger charge is -1.97. The average Bonchev–Trinajstić information content (AvgIpc) is 2.93.